The summed E-state index contributed by atoms with van der Waals surface area (Å²) in [7, 11) is 0. The van der Waals surface area contributed by atoms with Crippen LogP contribution in [0.1, 0.15) is 20.3 Å². The van der Waals surface area contributed by atoms with Crippen molar-refractivity contribution in [3.8, 4) is 0 Å². The minimum absolute atomic E-state index is 0.168. The summed E-state index contributed by atoms with van der Waals surface area (Å²) in [5.41, 5.74) is 1.20. The van der Waals surface area contributed by atoms with Gasteiger partial charge in [0.15, 0.2) is 0 Å². The third-order valence-corrected chi connectivity index (χ3v) is 2.27. The normalized spacial score (nSPS) is 12.7. The highest BCUT2D eigenvalue weighted by Gasteiger charge is 2.10. The van der Waals surface area contributed by atoms with Crippen molar-refractivity contribution in [2.75, 3.05) is 0 Å². The van der Waals surface area contributed by atoms with Crippen molar-refractivity contribution in [3.63, 3.8) is 0 Å². The minimum atomic E-state index is 0.168. The van der Waals surface area contributed by atoms with Gasteiger partial charge in [-0.2, -0.15) is 0 Å². The highest BCUT2D eigenvalue weighted by atomic mass is 35.5. The fourth-order valence-corrected chi connectivity index (χ4v) is 1.01. The van der Waals surface area contributed by atoms with Crippen molar-refractivity contribution in [3.05, 3.63) is 36.4 Å². The van der Waals surface area contributed by atoms with Gasteiger partial charge < -0.3 is 0 Å². The third kappa shape index (κ3) is 3.77. The van der Waals surface area contributed by atoms with Crippen LogP contribution in [0.5, 0.6) is 0 Å². The summed E-state index contributed by atoms with van der Waals surface area (Å²) in [6.07, 6.45) is 2.69. The van der Waals surface area contributed by atoms with E-state index in [9.17, 15) is 0 Å². The van der Waals surface area contributed by atoms with E-state index < -0.39 is 0 Å². The van der Waals surface area contributed by atoms with E-state index in [0.29, 0.717) is 11.0 Å². The van der Waals surface area contributed by atoms with Gasteiger partial charge in [0.2, 0.25) is 0 Å². The summed E-state index contributed by atoms with van der Waals surface area (Å²) in [4.78, 5) is 0. The molecule has 12 heavy (non-hydrogen) atoms. The molecule has 0 saturated carbocycles. The first-order valence-corrected chi connectivity index (χ1v) is 4.51. The van der Waals surface area contributed by atoms with Gasteiger partial charge in [-0.25, -0.2) is 0 Å². The summed E-state index contributed by atoms with van der Waals surface area (Å²) in [6.45, 7) is 15.6. The lowest BCUT2D eigenvalue weighted by atomic mass is 9.93. The van der Waals surface area contributed by atoms with Gasteiger partial charge in [0, 0.05) is 11.0 Å². The van der Waals surface area contributed by atoms with E-state index in [-0.39, 0.29) is 5.92 Å². The molecule has 1 atom stereocenters. The number of halogens is 1. The zero-order chi connectivity index (χ0) is 9.72. The lowest BCUT2D eigenvalue weighted by Crippen LogP contribution is -2.01. The Bertz CT molecular complexity index is 189. The van der Waals surface area contributed by atoms with E-state index in [1.165, 1.54) is 5.57 Å². The zero-order valence-electron chi connectivity index (χ0n) is 7.94. The molecule has 68 valence electrons. The first-order valence-electron chi connectivity index (χ1n) is 4.13. The van der Waals surface area contributed by atoms with E-state index >= 15 is 0 Å². The molecule has 0 rings (SSSR count). The lowest BCUT2D eigenvalue weighted by molar-refractivity contribution is 0.665. The van der Waals surface area contributed by atoms with Gasteiger partial charge in [0.25, 0.3) is 0 Å². The molecule has 1 unspecified atom stereocenters. The third-order valence-electron chi connectivity index (χ3n) is 1.99. The van der Waals surface area contributed by atoms with Crippen LogP contribution in [0.3, 0.4) is 0 Å². The van der Waals surface area contributed by atoms with Gasteiger partial charge in [-0.3, -0.25) is 0 Å². The van der Waals surface area contributed by atoms with Crippen molar-refractivity contribution < 1.29 is 0 Å². The molecular weight excluding hydrogens is 168 g/mol. The van der Waals surface area contributed by atoms with Crippen LogP contribution >= 0.6 is 11.6 Å². The lowest BCUT2D eigenvalue weighted by Gasteiger charge is -2.15. The molecule has 0 aliphatic heterocycles. The molecule has 0 bridgehead atoms. The van der Waals surface area contributed by atoms with Gasteiger partial charge in [-0.15, -0.1) is 6.58 Å². The monoisotopic (exact) mass is 184 g/mol. The summed E-state index contributed by atoms with van der Waals surface area (Å²) in [5, 5.41) is 0.645. The quantitative estimate of drug-likeness (QED) is 0.564. The molecule has 0 N–H and O–H groups in total. The topological polar surface area (TPSA) is 0 Å². The van der Waals surface area contributed by atoms with Crippen LogP contribution in [0.15, 0.2) is 36.4 Å². The molecule has 0 aliphatic rings. The van der Waals surface area contributed by atoms with Gasteiger partial charge in [0.05, 0.1) is 0 Å². The molecule has 1 heteroatoms. The first kappa shape index (κ1) is 11.5. The Morgan fingerprint density at radius 2 is 1.92 bits per heavy atom. The van der Waals surface area contributed by atoms with Crippen LogP contribution in [0.4, 0.5) is 0 Å². The van der Waals surface area contributed by atoms with Gasteiger partial charge in [0.1, 0.15) is 0 Å². The molecule has 0 aromatic heterocycles. The van der Waals surface area contributed by atoms with Crippen LogP contribution in [0.25, 0.3) is 0 Å². The predicted octanol–water partition coefficient (Wildman–Crippen LogP) is 4.14. The molecule has 0 saturated heterocycles. The van der Waals surface area contributed by atoms with Gasteiger partial charge >= 0.3 is 0 Å². The van der Waals surface area contributed by atoms with Crippen molar-refractivity contribution in [2.24, 2.45) is 11.8 Å². The van der Waals surface area contributed by atoms with Crippen LogP contribution in [-0.2, 0) is 0 Å². The molecule has 0 spiro atoms. The fraction of sp³-hybridized carbons (Fsp3) is 0.455. The average molecular weight is 185 g/mol. The smallest absolute Gasteiger partial charge is 0.0181 e. The summed E-state index contributed by atoms with van der Waals surface area (Å²) in [5.74, 6) is 0.671. The molecule has 0 radical (unpaired) electrons. The Kier molecular flexibility index (Phi) is 5.00. The van der Waals surface area contributed by atoms with E-state index in [2.05, 4.69) is 33.6 Å². The molecule has 0 heterocycles. The number of rotatable bonds is 5. The van der Waals surface area contributed by atoms with Crippen molar-refractivity contribution in [1.29, 1.82) is 0 Å². The Labute approximate surface area is 80.6 Å². The maximum absolute atomic E-state index is 5.79. The van der Waals surface area contributed by atoms with E-state index in [0.717, 1.165) is 6.42 Å². The van der Waals surface area contributed by atoms with E-state index in [1.807, 2.05) is 6.08 Å². The van der Waals surface area contributed by atoms with Crippen LogP contribution in [-0.4, -0.2) is 0 Å². The molecule has 0 amide bonds. The Morgan fingerprint density at radius 1 is 1.42 bits per heavy atom. The number of hydrogen-bond acceptors (Lipinski definition) is 0. The van der Waals surface area contributed by atoms with Crippen LogP contribution in [0, 0.1) is 11.8 Å². The zero-order valence-corrected chi connectivity index (χ0v) is 8.69. The molecule has 0 aromatic rings. The summed E-state index contributed by atoms with van der Waals surface area (Å²) >= 11 is 5.79. The van der Waals surface area contributed by atoms with Gasteiger partial charge in [-0.1, -0.05) is 50.3 Å². The molecule has 0 fully saturated rings. The first-order chi connectivity index (χ1) is 5.49. The number of allylic oxidation sites excluding steroid dienone is 3. The van der Waals surface area contributed by atoms with Gasteiger partial charge in [-0.05, 0) is 12.3 Å². The standard InChI is InChI=1S/C11H17Cl/c1-6-11(10(5)12)7-9(4)8(2)3/h6,8,11H,1,4-5,7H2,2-3H3. The highest BCUT2D eigenvalue weighted by molar-refractivity contribution is 6.29. The molecule has 0 nitrogen and oxygen atoms in total. The molecule has 0 aliphatic carbocycles. The molecule has 0 aromatic carbocycles. The Morgan fingerprint density at radius 3 is 2.17 bits per heavy atom. The summed E-state index contributed by atoms with van der Waals surface area (Å²) in [6, 6.07) is 0. The predicted molar refractivity (Wildman–Crippen MR) is 57.3 cm³/mol. The van der Waals surface area contributed by atoms with Crippen molar-refractivity contribution >= 4 is 11.6 Å². The average Bonchev–Trinajstić information content (AvgIpc) is 1.98. The number of hydrogen-bond donors (Lipinski definition) is 0. The maximum Gasteiger partial charge on any atom is 0.0181 e. The minimum Gasteiger partial charge on any atom is -0.102 e. The largest absolute Gasteiger partial charge is 0.102 e. The second-order valence-corrected chi connectivity index (χ2v) is 3.79. The van der Waals surface area contributed by atoms with Crippen LogP contribution < -0.4 is 0 Å². The Balaban J connectivity index is 4.12. The second kappa shape index (κ2) is 5.21. The van der Waals surface area contributed by atoms with Crippen molar-refractivity contribution in [1.82, 2.24) is 0 Å². The molecular formula is C11H17Cl. The van der Waals surface area contributed by atoms with Crippen molar-refractivity contribution in [2.45, 2.75) is 20.3 Å². The van der Waals surface area contributed by atoms with E-state index in [4.69, 9.17) is 11.6 Å². The highest BCUT2D eigenvalue weighted by Crippen LogP contribution is 2.25. The van der Waals surface area contributed by atoms with Crippen LogP contribution in [0.2, 0.25) is 0 Å². The van der Waals surface area contributed by atoms with E-state index in [1.54, 1.807) is 0 Å². The summed E-state index contributed by atoms with van der Waals surface area (Å²) < 4.78 is 0. The maximum atomic E-state index is 5.79. The SMILES string of the molecule is C=CC(CC(=C)C(C)C)C(=C)Cl. The fourth-order valence-electron chi connectivity index (χ4n) is 0.840. The second-order valence-electron chi connectivity index (χ2n) is 3.31. The Hall–Kier alpha value is -0.490.